The molecule has 0 aliphatic heterocycles. The third-order valence-corrected chi connectivity index (χ3v) is 2.21. The minimum absolute atomic E-state index is 0.239. The van der Waals surface area contributed by atoms with Crippen molar-refractivity contribution in [2.75, 3.05) is 40.4 Å². The number of methoxy groups -OCH3 is 1. The summed E-state index contributed by atoms with van der Waals surface area (Å²) >= 11 is 0. The monoisotopic (exact) mass is 242 g/mol. The second-order valence-corrected chi connectivity index (χ2v) is 3.75. The molecule has 3 nitrogen and oxygen atoms in total. The third kappa shape index (κ3) is 7.03. The summed E-state index contributed by atoms with van der Waals surface area (Å²) in [5.74, 6) is 0. The summed E-state index contributed by atoms with van der Waals surface area (Å²) in [7, 11) is 3.22. The molecule has 0 spiro atoms. The normalized spacial score (nSPS) is 14.4. The fraction of sp³-hybridized carbons (Fsp3) is 1.00. The molecule has 0 radical (unpaired) electrons. The second kappa shape index (κ2) is 7.86. The molecule has 16 heavy (non-hydrogen) atoms. The highest BCUT2D eigenvalue weighted by molar-refractivity contribution is 4.75. The van der Waals surface area contributed by atoms with E-state index in [1.165, 1.54) is 12.0 Å². The van der Waals surface area contributed by atoms with Crippen LogP contribution in [0.1, 0.15) is 13.3 Å². The predicted octanol–water partition coefficient (Wildman–Crippen LogP) is 1.50. The maximum absolute atomic E-state index is 12.4. The van der Waals surface area contributed by atoms with Crippen LogP contribution in [0.25, 0.3) is 0 Å². The van der Waals surface area contributed by atoms with Crippen LogP contribution in [-0.4, -0.2) is 57.5 Å². The number of nitrogens with one attached hydrogen (secondary N) is 1. The van der Waals surface area contributed by atoms with E-state index in [0.717, 1.165) is 0 Å². The lowest BCUT2D eigenvalue weighted by Gasteiger charge is -2.31. The lowest BCUT2D eigenvalue weighted by atomic mass is 10.2. The average Bonchev–Trinajstić information content (AvgIpc) is 2.15. The van der Waals surface area contributed by atoms with Crippen molar-refractivity contribution in [1.29, 1.82) is 0 Å². The smallest absolute Gasteiger partial charge is 0.383 e. The molecule has 1 N–H and O–H groups in total. The van der Waals surface area contributed by atoms with Crippen molar-refractivity contribution in [3.05, 3.63) is 0 Å². The van der Waals surface area contributed by atoms with Crippen LogP contribution >= 0.6 is 0 Å². The van der Waals surface area contributed by atoms with Crippen LogP contribution in [0.3, 0.4) is 0 Å². The number of alkyl halides is 3. The first-order valence-corrected chi connectivity index (χ1v) is 5.39. The van der Waals surface area contributed by atoms with Crippen molar-refractivity contribution in [3.8, 4) is 0 Å². The van der Waals surface area contributed by atoms with Crippen LogP contribution in [0.5, 0.6) is 0 Å². The number of ether oxygens (including phenoxy) is 1. The molecule has 0 saturated carbocycles. The van der Waals surface area contributed by atoms with Crippen LogP contribution in [0.4, 0.5) is 13.2 Å². The van der Waals surface area contributed by atoms with Crippen molar-refractivity contribution in [2.24, 2.45) is 0 Å². The Hall–Kier alpha value is -0.330. The van der Waals surface area contributed by atoms with Gasteiger partial charge in [0.1, 0.15) is 0 Å². The van der Waals surface area contributed by atoms with Crippen LogP contribution in [0, 0.1) is 0 Å². The highest BCUT2D eigenvalue weighted by atomic mass is 19.4. The lowest BCUT2D eigenvalue weighted by Crippen LogP contribution is -2.48. The number of hydrogen-bond donors (Lipinski definition) is 1. The van der Waals surface area contributed by atoms with Crippen LogP contribution in [0.2, 0.25) is 0 Å². The average molecular weight is 242 g/mol. The summed E-state index contributed by atoms with van der Waals surface area (Å²) in [4.78, 5) is 1.42. The van der Waals surface area contributed by atoms with E-state index in [1.807, 2.05) is 6.92 Å². The summed E-state index contributed by atoms with van der Waals surface area (Å²) < 4.78 is 42.1. The summed E-state index contributed by atoms with van der Waals surface area (Å²) in [5.41, 5.74) is 0. The zero-order valence-electron chi connectivity index (χ0n) is 10.1. The number of likely N-dealkylation sites (N-methyl/N-ethyl adjacent to an activating group) is 1. The fourth-order valence-electron chi connectivity index (χ4n) is 1.63. The van der Waals surface area contributed by atoms with Crippen molar-refractivity contribution >= 4 is 0 Å². The van der Waals surface area contributed by atoms with Crippen LogP contribution < -0.4 is 5.32 Å². The summed E-state index contributed by atoms with van der Waals surface area (Å²) in [5, 5.41) is 2.89. The Morgan fingerprint density at radius 2 is 2.00 bits per heavy atom. The van der Waals surface area contributed by atoms with Crippen LogP contribution in [-0.2, 0) is 4.74 Å². The van der Waals surface area contributed by atoms with Gasteiger partial charge in [0.2, 0.25) is 0 Å². The van der Waals surface area contributed by atoms with E-state index in [4.69, 9.17) is 4.74 Å². The molecular weight excluding hydrogens is 221 g/mol. The van der Waals surface area contributed by atoms with Gasteiger partial charge in [-0.2, -0.15) is 13.2 Å². The first-order chi connectivity index (χ1) is 7.44. The first kappa shape index (κ1) is 15.7. The predicted molar refractivity (Wildman–Crippen MR) is 57.5 cm³/mol. The quantitative estimate of drug-likeness (QED) is 0.698. The molecular formula is C10H21F3N2O. The van der Waals surface area contributed by atoms with Crippen LogP contribution in [0.15, 0.2) is 0 Å². The minimum atomic E-state index is -4.16. The van der Waals surface area contributed by atoms with Crippen molar-refractivity contribution < 1.29 is 17.9 Å². The van der Waals surface area contributed by atoms with Gasteiger partial charge in [0.25, 0.3) is 0 Å². The molecule has 0 aromatic rings. The zero-order chi connectivity index (χ0) is 12.6. The van der Waals surface area contributed by atoms with E-state index in [0.29, 0.717) is 26.1 Å². The molecule has 0 fully saturated rings. The molecule has 0 aromatic carbocycles. The highest BCUT2D eigenvalue weighted by Crippen LogP contribution is 2.18. The zero-order valence-corrected chi connectivity index (χ0v) is 10.1. The van der Waals surface area contributed by atoms with E-state index in [9.17, 15) is 13.2 Å². The third-order valence-electron chi connectivity index (χ3n) is 2.21. The van der Waals surface area contributed by atoms with Gasteiger partial charge in [-0.1, -0.05) is 6.92 Å². The van der Waals surface area contributed by atoms with E-state index >= 15 is 0 Å². The molecule has 98 valence electrons. The maximum Gasteiger partial charge on any atom is 0.401 e. The molecule has 0 aliphatic carbocycles. The molecule has 0 saturated heterocycles. The van der Waals surface area contributed by atoms with Gasteiger partial charge >= 0.3 is 6.18 Å². The van der Waals surface area contributed by atoms with Gasteiger partial charge in [-0.3, -0.25) is 4.90 Å². The Balaban J connectivity index is 4.42. The number of hydrogen-bond acceptors (Lipinski definition) is 3. The molecule has 0 aromatic heterocycles. The largest absolute Gasteiger partial charge is 0.401 e. The van der Waals surface area contributed by atoms with E-state index in [-0.39, 0.29) is 6.04 Å². The topological polar surface area (TPSA) is 24.5 Å². The van der Waals surface area contributed by atoms with Gasteiger partial charge in [-0.15, -0.1) is 0 Å². The summed E-state index contributed by atoms with van der Waals surface area (Å²) in [6.07, 6.45) is -3.46. The Bertz CT molecular complexity index is 170. The van der Waals surface area contributed by atoms with Gasteiger partial charge in [0.05, 0.1) is 13.2 Å². The SMILES string of the molecule is CCCN(CC(F)(F)F)C(CNC)COC. The molecule has 0 amide bonds. The van der Waals surface area contributed by atoms with Gasteiger partial charge in [-0.05, 0) is 20.0 Å². The molecule has 1 unspecified atom stereocenters. The molecule has 0 bridgehead atoms. The Morgan fingerprint density at radius 1 is 1.38 bits per heavy atom. The standard InChI is InChI=1S/C10H21F3N2O/c1-4-5-15(8-10(11,12)13)9(6-14-2)7-16-3/h9,14H,4-8H2,1-3H3. The first-order valence-electron chi connectivity index (χ1n) is 5.39. The van der Waals surface area contributed by atoms with Crippen molar-refractivity contribution in [3.63, 3.8) is 0 Å². The summed E-state index contributed by atoms with van der Waals surface area (Å²) in [6.45, 7) is 2.21. The maximum atomic E-state index is 12.4. The molecule has 1 atom stereocenters. The Morgan fingerprint density at radius 3 is 2.38 bits per heavy atom. The van der Waals surface area contributed by atoms with Gasteiger partial charge in [0.15, 0.2) is 0 Å². The highest BCUT2D eigenvalue weighted by Gasteiger charge is 2.33. The molecule has 6 heteroatoms. The molecule has 0 heterocycles. The fourth-order valence-corrected chi connectivity index (χ4v) is 1.63. The van der Waals surface area contributed by atoms with Gasteiger partial charge < -0.3 is 10.1 Å². The van der Waals surface area contributed by atoms with Gasteiger partial charge in [0, 0.05) is 19.7 Å². The lowest BCUT2D eigenvalue weighted by molar-refractivity contribution is -0.152. The minimum Gasteiger partial charge on any atom is -0.383 e. The van der Waals surface area contributed by atoms with E-state index < -0.39 is 12.7 Å². The molecule has 0 rings (SSSR count). The number of halogens is 3. The summed E-state index contributed by atoms with van der Waals surface area (Å²) in [6, 6.07) is -0.239. The molecule has 0 aliphatic rings. The number of nitrogens with zero attached hydrogens (tertiary/aromatic N) is 1. The Kier molecular flexibility index (Phi) is 7.70. The second-order valence-electron chi connectivity index (χ2n) is 3.75. The van der Waals surface area contributed by atoms with Crippen molar-refractivity contribution in [2.45, 2.75) is 25.6 Å². The van der Waals surface area contributed by atoms with Crippen molar-refractivity contribution in [1.82, 2.24) is 10.2 Å². The van der Waals surface area contributed by atoms with E-state index in [1.54, 1.807) is 7.05 Å². The Labute approximate surface area is 94.9 Å². The van der Waals surface area contributed by atoms with Gasteiger partial charge in [-0.25, -0.2) is 0 Å². The van der Waals surface area contributed by atoms with E-state index in [2.05, 4.69) is 5.32 Å². The number of rotatable bonds is 8.